The molecular formula is C30H46. The zero-order valence-corrected chi connectivity index (χ0v) is 20.9. The molecule has 0 spiro atoms. The molecule has 0 aliphatic heterocycles. The third-order valence-corrected chi connectivity index (χ3v) is 6.45. The molecule has 0 aliphatic carbocycles. The second-order valence-electron chi connectivity index (χ2n) is 10.0. The van der Waals surface area contributed by atoms with E-state index >= 15 is 0 Å². The van der Waals surface area contributed by atoms with Crippen LogP contribution in [0, 0.1) is 0 Å². The van der Waals surface area contributed by atoms with Crippen LogP contribution in [0.5, 0.6) is 0 Å². The lowest BCUT2D eigenvalue weighted by Crippen LogP contribution is -2.08. The summed E-state index contributed by atoms with van der Waals surface area (Å²) in [4.78, 5) is 0. The van der Waals surface area contributed by atoms with Gasteiger partial charge in [0.25, 0.3) is 0 Å². The van der Waals surface area contributed by atoms with Crippen molar-refractivity contribution in [1.82, 2.24) is 0 Å². The average Bonchev–Trinajstić information content (AvgIpc) is 2.72. The zero-order valence-electron chi connectivity index (χ0n) is 20.9. The number of benzene rings is 2. The topological polar surface area (TPSA) is 0 Å². The van der Waals surface area contributed by atoms with Gasteiger partial charge in [0.1, 0.15) is 0 Å². The Morgan fingerprint density at radius 2 is 1.17 bits per heavy atom. The van der Waals surface area contributed by atoms with Crippen LogP contribution in [-0.2, 0) is 6.42 Å². The highest BCUT2D eigenvalue weighted by Gasteiger charge is 2.21. The van der Waals surface area contributed by atoms with Gasteiger partial charge in [-0.1, -0.05) is 123 Å². The first-order valence-corrected chi connectivity index (χ1v) is 12.6. The molecule has 0 atom stereocenters. The molecule has 2 aromatic rings. The molecule has 0 nitrogen and oxygen atoms in total. The minimum absolute atomic E-state index is 0.530. The minimum Gasteiger partial charge on any atom is -0.0654 e. The van der Waals surface area contributed by atoms with Crippen LogP contribution in [0.2, 0.25) is 0 Å². The van der Waals surface area contributed by atoms with Gasteiger partial charge < -0.3 is 0 Å². The summed E-state index contributed by atoms with van der Waals surface area (Å²) in [7, 11) is 0. The van der Waals surface area contributed by atoms with E-state index in [2.05, 4.69) is 84.9 Å². The third kappa shape index (κ3) is 6.47. The fraction of sp³-hybridized carbons (Fsp3) is 0.600. The Labute approximate surface area is 187 Å². The Morgan fingerprint density at radius 1 is 0.567 bits per heavy atom. The zero-order chi connectivity index (χ0) is 22.1. The van der Waals surface area contributed by atoms with Crippen LogP contribution in [0.4, 0.5) is 0 Å². The molecule has 2 rings (SSSR count). The van der Waals surface area contributed by atoms with Crippen molar-refractivity contribution in [3.05, 3.63) is 58.7 Å². The van der Waals surface area contributed by atoms with E-state index in [1.807, 2.05) is 0 Å². The SMILES string of the molecule is CCCCCCCCCc1ccccc1-c1ccc(C(C)C)c(C(C)C)c1C(C)C. The first-order chi connectivity index (χ1) is 14.4. The number of unbranched alkanes of at least 4 members (excludes halogenated alkanes) is 6. The van der Waals surface area contributed by atoms with Crippen molar-refractivity contribution in [2.75, 3.05) is 0 Å². The lowest BCUT2D eigenvalue weighted by Gasteiger charge is -2.26. The van der Waals surface area contributed by atoms with E-state index < -0.39 is 0 Å². The Balaban J connectivity index is 2.32. The van der Waals surface area contributed by atoms with E-state index in [0.29, 0.717) is 17.8 Å². The molecule has 0 saturated heterocycles. The number of hydrogen-bond donors (Lipinski definition) is 0. The highest BCUT2D eigenvalue weighted by molar-refractivity contribution is 5.74. The van der Waals surface area contributed by atoms with E-state index in [9.17, 15) is 0 Å². The van der Waals surface area contributed by atoms with Gasteiger partial charge in [0.15, 0.2) is 0 Å². The number of aryl methyl sites for hydroxylation is 1. The smallest absolute Gasteiger partial charge is 0.0143 e. The van der Waals surface area contributed by atoms with E-state index in [1.54, 1.807) is 11.1 Å². The van der Waals surface area contributed by atoms with E-state index in [1.165, 1.54) is 73.6 Å². The summed E-state index contributed by atoms with van der Waals surface area (Å²) < 4.78 is 0. The molecule has 2 aromatic carbocycles. The third-order valence-electron chi connectivity index (χ3n) is 6.45. The summed E-state index contributed by atoms with van der Waals surface area (Å²) >= 11 is 0. The first kappa shape index (κ1) is 24.7. The van der Waals surface area contributed by atoms with E-state index in [4.69, 9.17) is 0 Å². The van der Waals surface area contributed by atoms with E-state index in [-0.39, 0.29) is 0 Å². The van der Waals surface area contributed by atoms with E-state index in [0.717, 1.165) is 0 Å². The molecule has 0 bridgehead atoms. The molecule has 0 fully saturated rings. The van der Waals surface area contributed by atoms with Crippen molar-refractivity contribution in [2.24, 2.45) is 0 Å². The van der Waals surface area contributed by atoms with Gasteiger partial charge in [-0.05, 0) is 64.0 Å². The molecule has 0 unspecified atom stereocenters. The largest absolute Gasteiger partial charge is 0.0654 e. The summed E-state index contributed by atoms with van der Waals surface area (Å²) in [6.07, 6.45) is 10.8. The minimum atomic E-state index is 0.530. The lowest BCUT2D eigenvalue weighted by atomic mass is 9.78. The molecule has 0 saturated carbocycles. The van der Waals surface area contributed by atoms with Gasteiger partial charge in [0, 0.05) is 0 Å². The summed E-state index contributed by atoms with van der Waals surface area (Å²) in [5.74, 6) is 1.65. The van der Waals surface area contributed by atoms with Crippen LogP contribution in [0.3, 0.4) is 0 Å². The Morgan fingerprint density at radius 3 is 1.77 bits per heavy atom. The quantitative estimate of drug-likeness (QED) is 0.307. The molecule has 0 aliphatic rings. The molecule has 0 amide bonds. The lowest BCUT2D eigenvalue weighted by molar-refractivity contribution is 0.589. The van der Waals surface area contributed by atoms with Crippen LogP contribution in [0.25, 0.3) is 11.1 Å². The van der Waals surface area contributed by atoms with Crippen LogP contribution in [0.1, 0.15) is 133 Å². The molecular weight excluding hydrogens is 360 g/mol. The summed E-state index contributed by atoms with van der Waals surface area (Å²) in [6.45, 7) is 16.4. The van der Waals surface area contributed by atoms with Gasteiger partial charge >= 0.3 is 0 Å². The molecule has 0 heteroatoms. The molecule has 0 aromatic heterocycles. The maximum Gasteiger partial charge on any atom is -0.0143 e. The predicted octanol–water partition coefficient (Wildman–Crippen LogP) is 10.0. The summed E-state index contributed by atoms with van der Waals surface area (Å²) in [5.41, 5.74) is 9.15. The predicted molar refractivity (Wildman–Crippen MR) is 136 cm³/mol. The van der Waals surface area contributed by atoms with Crippen molar-refractivity contribution in [3.63, 3.8) is 0 Å². The standard InChI is InChI=1S/C30H46/c1-8-9-10-11-12-13-14-17-25-18-15-16-19-27(25)28-21-20-26(22(2)3)29(23(4)5)30(28)24(6)7/h15-16,18-24H,8-14,17H2,1-7H3. The van der Waals surface area contributed by atoms with Gasteiger partial charge in [-0.3, -0.25) is 0 Å². The molecule has 0 heterocycles. The second-order valence-corrected chi connectivity index (χ2v) is 10.0. The van der Waals surface area contributed by atoms with Gasteiger partial charge in [-0.2, -0.15) is 0 Å². The molecule has 0 N–H and O–H groups in total. The summed E-state index contributed by atoms with van der Waals surface area (Å²) in [6, 6.07) is 14.0. The molecule has 166 valence electrons. The van der Waals surface area contributed by atoms with Crippen molar-refractivity contribution in [1.29, 1.82) is 0 Å². The molecule has 30 heavy (non-hydrogen) atoms. The molecule has 0 radical (unpaired) electrons. The second kappa shape index (κ2) is 12.3. The summed E-state index contributed by atoms with van der Waals surface area (Å²) in [5, 5.41) is 0. The van der Waals surface area contributed by atoms with Crippen LogP contribution >= 0.6 is 0 Å². The van der Waals surface area contributed by atoms with Gasteiger partial charge in [0.05, 0.1) is 0 Å². The normalized spacial score (nSPS) is 11.8. The Bertz CT molecular complexity index is 764. The highest BCUT2D eigenvalue weighted by Crippen LogP contribution is 2.40. The van der Waals surface area contributed by atoms with Crippen LogP contribution in [-0.4, -0.2) is 0 Å². The van der Waals surface area contributed by atoms with Gasteiger partial charge in [-0.15, -0.1) is 0 Å². The van der Waals surface area contributed by atoms with Gasteiger partial charge in [-0.25, -0.2) is 0 Å². The highest BCUT2D eigenvalue weighted by atomic mass is 14.3. The van der Waals surface area contributed by atoms with Crippen molar-refractivity contribution < 1.29 is 0 Å². The van der Waals surface area contributed by atoms with Crippen LogP contribution < -0.4 is 0 Å². The van der Waals surface area contributed by atoms with Crippen molar-refractivity contribution in [3.8, 4) is 11.1 Å². The fourth-order valence-electron chi connectivity index (χ4n) is 4.93. The monoisotopic (exact) mass is 406 g/mol. The van der Waals surface area contributed by atoms with Crippen molar-refractivity contribution >= 4 is 0 Å². The Kier molecular flexibility index (Phi) is 10.2. The number of rotatable bonds is 12. The maximum atomic E-state index is 2.42. The first-order valence-electron chi connectivity index (χ1n) is 12.6. The van der Waals surface area contributed by atoms with Gasteiger partial charge in [0.2, 0.25) is 0 Å². The fourth-order valence-corrected chi connectivity index (χ4v) is 4.93. The Hall–Kier alpha value is -1.56. The average molecular weight is 407 g/mol. The van der Waals surface area contributed by atoms with Crippen molar-refractivity contribution in [2.45, 2.75) is 118 Å². The van der Waals surface area contributed by atoms with Crippen LogP contribution in [0.15, 0.2) is 36.4 Å². The number of hydrogen-bond acceptors (Lipinski definition) is 0. The maximum absolute atomic E-state index is 2.42.